The van der Waals surface area contributed by atoms with Crippen molar-refractivity contribution in [2.75, 3.05) is 13.1 Å². The van der Waals surface area contributed by atoms with Gasteiger partial charge in [0, 0.05) is 25.0 Å². The first-order valence-electron chi connectivity index (χ1n) is 8.60. The topological polar surface area (TPSA) is 16.1 Å². The lowest BCUT2D eigenvalue weighted by Gasteiger charge is -2.35. The Kier molecular flexibility index (Phi) is 6.85. The van der Waals surface area contributed by atoms with Crippen LogP contribution < -0.4 is 0 Å². The van der Waals surface area contributed by atoms with E-state index in [-0.39, 0.29) is 0 Å². The highest BCUT2D eigenvalue weighted by Crippen LogP contribution is 2.30. The Morgan fingerprint density at radius 1 is 1.27 bits per heavy atom. The molecule has 1 fully saturated rings. The molecule has 0 aliphatic carbocycles. The quantitative estimate of drug-likeness (QED) is 0.662. The molecule has 2 nitrogen and oxygen atoms in total. The van der Waals surface area contributed by atoms with Gasteiger partial charge in [0.25, 0.3) is 0 Å². The summed E-state index contributed by atoms with van der Waals surface area (Å²) in [5.74, 6) is 0. The van der Waals surface area contributed by atoms with Crippen LogP contribution in [0.3, 0.4) is 0 Å². The van der Waals surface area contributed by atoms with Crippen LogP contribution in [-0.4, -0.2) is 23.0 Å². The average molecular weight is 298 g/mol. The van der Waals surface area contributed by atoms with E-state index in [1.165, 1.54) is 48.9 Å². The molecule has 0 saturated carbocycles. The van der Waals surface area contributed by atoms with Crippen molar-refractivity contribution in [3.8, 4) is 0 Å². The number of pyridine rings is 1. The molecule has 0 bridgehead atoms. The van der Waals surface area contributed by atoms with Crippen molar-refractivity contribution in [2.24, 2.45) is 0 Å². The van der Waals surface area contributed by atoms with E-state index in [2.05, 4.69) is 54.9 Å². The monoisotopic (exact) mass is 298 g/mol. The molecular weight excluding hydrogens is 268 g/mol. The zero-order valence-corrected chi connectivity index (χ0v) is 14.4. The van der Waals surface area contributed by atoms with Crippen LogP contribution in [0.25, 0.3) is 0 Å². The second-order valence-corrected chi connectivity index (χ2v) is 6.66. The molecule has 0 amide bonds. The van der Waals surface area contributed by atoms with Crippen LogP contribution in [0.5, 0.6) is 0 Å². The first-order valence-corrected chi connectivity index (χ1v) is 8.60. The third-order valence-corrected chi connectivity index (χ3v) is 4.45. The molecule has 1 aromatic heterocycles. The van der Waals surface area contributed by atoms with Gasteiger partial charge >= 0.3 is 0 Å². The van der Waals surface area contributed by atoms with Gasteiger partial charge in [-0.05, 0) is 64.6 Å². The molecule has 0 radical (unpaired) electrons. The van der Waals surface area contributed by atoms with E-state index >= 15 is 0 Å². The Morgan fingerprint density at radius 3 is 2.86 bits per heavy atom. The summed E-state index contributed by atoms with van der Waals surface area (Å²) in [6.07, 6.45) is 14.9. The zero-order valence-electron chi connectivity index (χ0n) is 14.4. The van der Waals surface area contributed by atoms with Crippen LogP contribution >= 0.6 is 0 Å². The average Bonchev–Trinajstić information content (AvgIpc) is 2.54. The molecule has 1 aromatic rings. The van der Waals surface area contributed by atoms with Crippen molar-refractivity contribution in [1.82, 2.24) is 9.88 Å². The van der Waals surface area contributed by atoms with Crippen molar-refractivity contribution < 1.29 is 0 Å². The summed E-state index contributed by atoms with van der Waals surface area (Å²) in [6, 6.07) is 4.83. The first kappa shape index (κ1) is 17.0. The Labute approximate surface area is 135 Å². The summed E-state index contributed by atoms with van der Waals surface area (Å²) in [6.45, 7) is 8.88. The highest BCUT2D eigenvalue weighted by molar-refractivity contribution is 5.15. The second kappa shape index (κ2) is 8.89. The number of piperidine rings is 1. The molecule has 1 saturated heterocycles. The summed E-state index contributed by atoms with van der Waals surface area (Å²) in [7, 11) is 0. The number of likely N-dealkylation sites (tertiary alicyclic amines) is 1. The SMILES string of the molecule is CC(C)=CCCC(C)=CCN1CCCCC1c1cccnc1. The zero-order chi connectivity index (χ0) is 15.8. The number of nitrogens with zero attached hydrogens (tertiary/aromatic N) is 2. The minimum Gasteiger partial charge on any atom is -0.293 e. The smallest absolute Gasteiger partial charge is 0.0366 e. The Bertz CT molecular complexity index is 498. The molecule has 1 aliphatic heterocycles. The molecule has 22 heavy (non-hydrogen) atoms. The molecule has 2 heterocycles. The van der Waals surface area contributed by atoms with E-state index < -0.39 is 0 Å². The summed E-state index contributed by atoms with van der Waals surface area (Å²) in [5.41, 5.74) is 4.30. The predicted molar refractivity (Wildman–Crippen MR) is 94.8 cm³/mol. The van der Waals surface area contributed by atoms with Gasteiger partial charge < -0.3 is 0 Å². The van der Waals surface area contributed by atoms with E-state index in [0.717, 1.165) is 13.0 Å². The fourth-order valence-corrected chi connectivity index (χ4v) is 3.12. The molecule has 1 aliphatic rings. The van der Waals surface area contributed by atoms with Crippen LogP contribution in [0.1, 0.15) is 64.5 Å². The lowest BCUT2D eigenvalue weighted by Crippen LogP contribution is -2.33. The van der Waals surface area contributed by atoms with Gasteiger partial charge in [0.05, 0.1) is 0 Å². The van der Waals surface area contributed by atoms with Gasteiger partial charge in [0.2, 0.25) is 0 Å². The van der Waals surface area contributed by atoms with Crippen LogP contribution in [-0.2, 0) is 0 Å². The van der Waals surface area contributed by atoms with Gasteiger partial charge in [0.15, 0.2) is 0 Å². The minimum atomic E-state index is 0.546. The highest BCUT2D eigenvalue weighted by Gasteiger charge is 2.22. The molecule has 1 unspecified atom stereocenters. The fourth-order valence-electron chi connectivity index (χ4n) is 3.12. The van der Waals surface area contributed by atoms with Gasteiger partial charge in [-0.2, -0.15) is 0 Å². The molecule has 2 heteroatoms. The van der Waals surface area contributed by atoms with Gasteiger partial charge in [-0.15, -0.1) is 0 Å². The number of hydrogen-bond acceptors (Lipinski definition) is 2. The number of hydrogen-bond donors (Lipinski definition) is 0. The van der Waals surface area contributed by atoms with E-state index in [4.69, 9.17) is 0 Å². The van der Waals surface area contributed by atoms with Gasteiger partial charge in [-0.1, -0.05) is 35.8 Å². The van der Waals surface area contributed by atoms with Crippen molar-refractivity contribution >= 4 is 0 Å². The molecule has 2 rings (SSSR count). The maximum Gasteiger partial charge on any atom is 0.0366 e. The second-order valence-electron chi connectivity index (χ2n) is 6.66. The molecule has 120 valence electrons. The lowest BCUT2D eigenvalue weighted by atomic mass is 9.96. The first-order chi connectivity index (χ1) is 10.7. The Morgan fingerprint density at radius 2 is 2.14 bits per heavy atom. The Hall–Kier alpha value is -1.41. The maximum atomic E-state index is 4.30. The summed E-state index contributed by atoms with van der Waals surface area (Å²) in [4.78, 5) is 6.91. The lowest BCUT2D eigenvalue weighted by molar-refractivity contribution is 0.165. The van der Waals surface area contributed by atoms with Crippen molar-refractivity contribution in [1.29, 1.82) is 0 Å². The standard InChI is InChI=1S/C20H30N2/c1-17(2)8-6-9-18(3)12-15-22-14-5-4-11-20(22)19-10-7-13-21-16-19/h7-8,10,12-13,16,20H,4-6,9,11,14-15H2,1-3H3. The fraction of sp³-hybridized carbons (Fsp3) is 0.550. The van der Waals surface area contributed by atoms with Gasteiger partial charge in [-0.3, -0.25) is 9.88 Å². The van der Waals surface area contributed by atoms with Crippen molar-refractivity contribution in [2.45, 2.75) is 58.9 Å². The van der Waals surface area contributed by atoms with Crippen LogP contribution in [0.2, 0.25) is 0 Å². The van der Waals surface area contributed by atoms with Crippen LogP contribution in [0, 0.1) is 0 Å². The van der Waals surface area contributed by atoms with Crippen molar-refractivity contribution in [3.05, 3.63) is 53.4 Å². The normalized spacial score (nSPS) is 20.0. The predicted octanol–water partition coefficient (Wildman–Crippen LogP) is 5.30. The molecule has 0 spiro atoms. The number of aromatic nitrogens is 1. The maximum absolute atomic E-state index is 4.30. The van der Waals surface area contributed by atoms with Crippen LogP contribution in [0.4, 0.5) is 0 Å². The van der Waals surface area contributed by atoms with E-state index in [1.54, 1.807) is 0 Å². The number of rotatable bonds is 6. The molecule has 0 aromatic carbocycles. The minimum absolute atomic E-state index is 0.546. The van der Waals surface area contributed by atoms with Gasteiger partial charge in [-0.25, -0.2) is 0 Å². The summed E-state index contributed by atoms with van der Waals surface area (Å²) < 4.78 is 0. The van der Waals surface area contributed by atoms with Crippen LogP contribution in [0.15, 0.2) is 47.8 Å². The molecule has 0 N–H and O–H groups in total. The largest absolute Gasteiger partial charge is 0.293 e. The highest BCUT2D eigenvalue weighted by atomic mass is 15.2. The van der Waals surface area contributed by atoms with Crippen molar-refractivity contribution in [3.63, 3.8) is 0 Å². The van der Waals surface area contributed by atoms with E-state index in [0.29, 0.717) is 6.04 Å². The number of allylic oxidation sites excluding steroid dienone is 3. The molecular formula is C20H30N2. The van der Waals surface area contributed by atoms with Gasteiger partial charge in [0.1, 0.15) is 0 Å². The third kappa shape index (κ3) is 5.42. The van der Waals surface area contributed by atoms with E-state index in [1.807, 2.05) is 12.4 Å². The summed E-state index contributed by atoms with van der Waals surface area (Å²) >= 11 is 0. The third-order valence-electron chi connectivity index (χ3n) is 4.45. The Balaban J connectivity index is 1.93. The summed E-state index contributed by atoms with van der Waals surface area (Å²) in [5, 5.41) is 0. The van der Waals surface area contributed by atoms with E-state index in [9.17, 15) is 0 Å². The molecule has 1 atom stereocenters.